The van der Waals surface area contributed by atoms with Crippen molar-refractivity contribution in [2.24, 2.45) is 5.73 Å². The molecule has 0 saturated carbocycles. The topological polar surface area (TPSA) is 71.8 Å². The summed E-state index contributed by atoms with van der Waals surface area (Å²) >= 11 is 1.95. The molecule has 0 bridgehead atoms. The van der Waals surface area contributed by atoms with E-state index in [0.717, 1.165) is 0 Å². The zero-order chi connectivity index (χ0) is 6.85. The van der Waals surface area contributed by atoms with Crippen LogP contribution in [0.5, 0.6) is 0 Å². The summed E-state index contributed by atoms with van der Waals surface area (Å²) in [6.45, 7) is 0. The molecule has 0 aliphatic rings. The fourth-order valence-electron chi connectivity index (χ4n) is 0.450. The van der Waals surface area contributed by atoms with Gasteiger partial charge >= 0.3 is 0 Å². The highest BCUT2D eigenvalue weighted by Crippen LogP contribution is 2.03. The lowest BCUT2D eigenvalue weighted by atomic mass is 10.5. The van der Waals surface area contributed by atoms with Gasteiger partial charge in [0.1, 0.15) is 3.70 Å². The monoisotopic (exact) mass is 237 g/mol. The van der Waals surface area contributed by atoms with E-state index in [9.17, 15) is 4.79 Å². The Balaban J connectivity index is 3.08. The molecule has 48 valence electrons. The number of hydrogen-bond donors (Lipinski definition) is 2. The van der Waals surface area contributed by atoms with E-state index < -0.39 is 5.91 Å². The maximum Gasteiger partial charge on any atom is 0.270 e. The Morgan fingerprint density at radius 1 is 1.89 bits per heavy atom. The molecule has 0 unspecified atom stereocenters. The van der Waals surface area contributed by atoms with Crippen LogP contribution in [0.1, 0.15) is 10.5 Å². The first-order valence-electron chi connectivity index (χ1n) is 2.20. The summed E-state index contributed by atoms with van der Waals surface area (Å²) in [5.41, 5.74) is 5.23. The first kappa shape index (κ1) is 6.53. The second kappa shape index (κ2) is 2.34. The van der Waals surface area contributed by atoms with Crippen LogP contribution in [-0.4, -0.2) is 15.9 Å². The molecule has 0 aliphatic heterocycles. The van der Waals surface area contributed by atoms with Crippen LogP contribution >= 0.6 is 22.6 Å². The molecule has 0 aromatic carbocycles. The molecule has 9 heavy (non-hydrogen) atoms. The van der Waals surface area contributed by atoms with Crippen LogP contribution in [0, 0.1) is 3.70 Å². The average molecular weight is 237 g/mol. The number of amides is 1. The number of hydrogen-bond acceptors (Lipinski definition) is 2. The zero-order valence-corrected chi connectivity index (χ0v) is 6.55. The third kappa shape index (κ3) is 1.21. The SMILES string of the molecule is NC(=O)c1nc[nH]c1I. The fourth-order valence-corrected chi connectivity index (χ4v) is 0.995. The van der Waals surface area contributed by atoms with Crippen LogP contribution < -0.4 is 5.73 Å². The van der Waals surface area contributed by atoms with E-state index >= 15 is 0 Å². The van der Waals surface area contributed by atoms with Crippen LogP contribution in [0.15, 0.2) is 6.33 Å². The minimum Gasteiger partial charge on any atom is -0.364 e. The number of H-pyrrole nitrogens is 1. The lowest BCUT2D eigenvalue weighted by Crippen LogP contribution is -2.12. The highest BCUT2D eigenvalue weighted by molar-refractivity contribution is 14.1. The van der Waals surface area contributed by atoms with Gasteiger partial charge in [0.2, 0.25) is 0 Å². The van der Waals surface area contributed by atoms with Crippen LogP contribution in [0.2, 0.25) is 0 Å². The molecule has 0 saturated heterocycles. The molecule has 3 N–H and O–H groups in total. The summed E-state index contributed by atoms with van der Waals surface area (Å²) in [7, 11) is 0. The minimum absolute atomic E-state index is 0.301. The Bertz CT molecular complexity index is 231. The molecule has 1 amide bonds. The highest BCUT2D eigenvalue weighted by Gasteiger charge is 2.06. The van der Waals surface area contributed by atoms with E-state index in [2.05, 4.69) is 9.97 Å². The summed E-state index contributed by atoms with van der Waals surface area (Å²) in [4.78, 5) is 16.8. The third-order valence-electron chi connectivity index (χ3n) is 0.826. The summed E-state index contributed by atoms with van der Waals surface area (Å²) < 4.78 is 0.681. The molecule has 0 aliphatic carbocycles. The summed E-state index contributed by atoms with van der Waals surface area (Å²) in [6.07, 6.45) is 1.43. The molecule has 4 nitrogen and oxygen atoms in total. The average Bonchev–Trinajstić information content (AvgIpc) is 2.13. The molecule has 1 aromatic rings. The fraction of sp³-hybridized carbons (Fsp3) is 0. The first-order valence-corrected chi connectivity index (χ1v) is 3.28. The van der Waals surface area contributed by atoms with Crippen molar-refractivity contribution in [3.8, 4) is 0 Å². The van der Waals surface area contributed by atoms with E-state index in [-0.39, 0.29) is 0 Å². The summed E-state index contributed by atoms with van der Waals surface area (Å²) in [5.74, 6) is -0.499. The normalized spacial score (nSPS) is 9.44. The standard InChI is InChI=1S/C4H4IN3O/c5-3-2(4(6)9)7-1-8-3/h1H,(H2,6,9)(H,7,8). The predicted molar refractivity (Wildman–Crippen MR) is 39.8 cm³/mol. The van der Waals surface area contributed by atoms with E-state index in [1.807, 2.05) is 22.6 Å². The van der Waals surface area contributed by atoms with Gasteiger partial charge in [0.25, 0.3) is 5.91 Å². The van der Waals surface area contributed by atoms with Crippen molar-refractivity contribution in [2.45, 2.75) is 0 Å². The van der Waals surface area contributed by atoms with Gasteiger partial charge in [-0.05, 0) is 22.6 Å². The Morgan fingerprint density at radius 3 is 2.78 bits per heavy atom. The largest absolute Gasteiger partial charge is 0.364 e. The Labute approximate surface area is 65.0 Å². The predicted octanol–water partition coefficient (Wildman–Crippen LogP) is 0.113. The number of nitrogens with zero attached hydrogens (tertiary/aromatic N) is 1. The maximum absolute atomic E-state index is 10.4. The van der Waals surface area contributed by atoms with Crippen LogP contribution in [0.4, 0.5) is 0 Å². The number of halogens is 1. The van der Waals surface area contributed by atoms with Gasteiger partial charge in [0.15, 0.2) is 5.69 Å². The molecule has 0 spiro atoms. The molecular weight excluding hydrogens is 233 g/mol. The molecular formula is C4H4IN3O. The highest BCUT2D eigenvalue weighted by atomic mass is 127. The lowest BCUT2D eigenvalue weighted by molar-refractivity contribution is 0.0995. The van der Waals surface area contributed by atoms with Crippen LogP contribution in [0.25, 0.3) is 0 Å². The lowest BCUT2D eigenvalue weighted by Gasteiger charge is -1.84. The number of aromatic nitrogens is 2. The number of rotatable bonds is 1. The van der Waals surface area contributed by atoms with Gasteiger partial charge in [-0.3, -0.25) is 4.79 Å². The van der Waals surface area contributed by atoms with Gasteiger partial charge in [-0.15, -0.1) is 0 Å². The van der Waals surface area contributed by atoms with E-state index in [4.69, 9.17) is 5.73 Å². The van der Waals surface area contributed by atoms with Crippen molar-refractivity contribution in [2.75, 3.05) is 0 Å². The molecule has 5 heteroatoms. The molecule has 0 radical (unpaired) electrons. The van der Waals surface area contributed by atoms with Crippen molar-refractivity contribution in [1.29, 1.82) is 0 Å². The number of nitrogens with one attached hydrogen (secondary N) is 1. The molecule has 1 heterocycles. The van der Waals surface area contributed by atoms with Gasteiger partial charge in [0.05, 0.1) is 6.33 Å². The smallest absolute Gasteiger partial charge is 0.270 e. The van der Waals surface area contributed by atoms with Gasteiger partial charge in [0, 0.05) is 0 Å². The number of carbonyl (C=O) groups excluding carboxylic acids is 1. The number of imidazole rings is 1. The molecule has 1 aromatic heterocycles. The minimum atomic E-state index is -0.499. The maximum atomic E-state index is 10.4. The van der Waals surface area contributed by atoms with Gasteiger partial charge in [-0.1, -0.05) is 0 Å². The first-order chi connectivity index (χ1) is 4.22. The van der Waals surface area contributed by atoms with Crippen molar-refractivity contribution in [3.05, 3.63) is 15.7 Å². The van der Waals surface area contributed by atoms with E-state index in [0.29, 0.717) is 9.39 Å². The number of primary amides is 1. The molecule has 1 rings (SSSR count). The Hall–Kier alpha value is -0.590. The van der Waals surface area contributed by atoms with Crippen molar-refractivity contribution in [1.82, 2.24) is 9.97 Å². The van der Waals surface area contributed by atoms with Crippen molar-refractivity contribution in [3.63, 3.8) is 0 Å². The van der Waals surface area contributed by atoms with Gasteiger partial charge in [-0.2, -0.15) is 0 Å². The van der Waals surface area contributed by atoms with E-state index in [1.165, 1.54) is 6.33 Å². The quantitative estimate of drug-likeness (QED) is 0.680. The summed E-state index contributed by atoms with van der Waals surface area (Å²) in [6, 6.07) is 0. The van der Waals surface area contributed by atoms with Crippen LogP contribution in [0.3, 0.4) is 0 Å². The molecule has 0 fully saturated rings. The third-order valence-corrected chi connectivity index (χ3v) is 1.65. The second-order valence-electron chi connectivity index (χ2n) is 1.43. The number of nitrogens with two attached hydrogens (primary N) is 1. The van der Waals surface area contributed by atoms with Crippen molar-refractivity contribution >= 4 is 28.5 Å². The van der Waals surface area contributed by atoms with Gasteiger partial charge in [-0.25, -0.2) is 4.98 Å². The number of carbonyl (C=O) groups is 1. The van der Waals surface area contributed by atoms with Crippen LogP contribution in [-0.2, 0) is 0 Å². The summed E-state index contributed by atoms with van der Waals surface area (Å²) in [5, 5.41) is 0. The van der Waals surface area contributed by atoms with Crippen molar-refractivity contribution < 1.29 is 4.79 Å². The number of aromatic amines is 1. The van der Waals surface area contributed by atoms with E-state index in [1.54, 1.807) is 0 Å². The Kier molecular flexibility index (Phi) is 1.70. The zero-order valence-electron chi connectivity index (χ0n) is 4.39. The Morgan fingerprint density at radius 2 is 2.56 bits per heavy atom. The second-order valence-corrected chi connectivity index (χ2v) is 2.51. The van der Waals surface area contributed by atoms with Gasteiger partial charge < -0.3 is 10.7 Å². The molecule has 0 atom stereocenters.